The van der Waals surface area contributed by atoms with Gasteiger partial charge in [-0.1, -0.05) is 102 Å². The zero-order valence-corrected chi connectivity index (χ0v) is 58.5. The number of alkyl carbamates (subject to hydrolysis) is 2. The summed E-state index contributed by atoms with van der Waals surface area (Å²) >= 11 is 0. The van der Waals surface area contributed by atoms with Gasteiger partial charge in [0, 0.05) is 18.8 Å². The topological polar surface area (TPSA) is 249 Å². The summed E-state index contributed by atoms with van der Waals surface area (Å²) in [5.74, 6) is 0.586. The number of hydrogen-bond acceptors (Lipinski definition) is 16. The van der Waals surface area contributed by atoms with Crippen LogP contribution in [0.25, 0.3) is 0 Å². The van der Waals surface area contributed by atoms with Gasteiger partial charge in [-0.05, 0) is 178 Å². The average molecular weight is 1290 g/mol. The lowest BCUT2D eigenvalue weighted by atomic mass is 9.90. The summed E-state index contributed by atoms with van der Waals surface area (Å²) in [6.45, 7) is 26.6. The number of carbonyl (C=O) groups is 6. The maximum absolute atomic E-state index is 14.6. The molecule has 516 valence electrons. The third kappa shape index (κ3) is 26.3. The maximum Gasteiger partial charge on any atom is 0.437 e. The number of hydrogen-bond donors (Lipinski definition) is 4. The second-order valence-electron chi connectivity index (χ2n) is 28.6. The van der Waals surface area contributed by atoms with E-state index in [2.05, 4.69) is 74.0 Å². The highest BCUT2D eigenvalue weighted by Crippen LogP contribution is 2.38. The van der Waals surface area contributed by atoms with Crippen LogP contribution in [-0.4, -0.2) is 149 Å². The predicted molar refractivity (Wildman–Crippen MR) is 357 cm³/mol. The molecule has 0 radical (unpaired) electrons. The SMILES string of the molecule is CCCCCCCC/C=C/C[C@@H]1CC[C@H]2[C@@H](C(=O)OCCCCCCCCC[C@@H]3C(C(=O)OCCCCN=C(NC(=O)OC(C)(C)C)NC(=O)OC(C)(C)C)=C4CCCN4C(=NC(=O)OC(C)(C)C)N3C(=O)OC(C)(C)C)[C@@H](C)NC(NCc3ccc(OC)cc3)=[N+]12. The number of carbonyl (C=O) groups excluding carboxylic acids is 6. The minimum atomic E-state index is -0.935. The number of ether oxygens (including phenoxy) is 7. The standard InChI is InChI=1S/C70H113N9O13/c1-16-17-18-19-20-21-23-26-29-35-51-40-43-55-56(49(2)73-61(78(51)55)72-48-50-38-41-52(86-15)42-39-50)58(80)87-46-32-28-25-22-24-27-30-36-54-57(53-37-34-45-77(53)62(76-65(84)91-69(9,10)11)79(54)66(85)92-70(12,13)14)59(81)88-47-33-31-44-71-60(74-63(82)89-67(3,4)5)75-64(83)90-68(6,7)8/h26,29,38-39,41-42,49,51,54-56H,16-25,27-28,30-37,40,43-48H2,1-15H3,(H3,71,72,73,74,75,82,83)/p+1/b29-26+,76-62?/t49-,51-,54-,55+,56+/m1/s1. The lowest BCUT2D eigenvalue weighted by Gasteiger charge is -2.42. The fourth-order valence-electron chi connectivity index (χ4n) is 11.8. The van der Waals surface area contributed by atoms with Gasteiger partial charge in [0.05, 0.1) is 56.6 Å². The fraction of sp³-hybridized carbons (Fsp3) is 0.729. The molecule has 4 amide bonds. The van der Waals surface area contributed by atoms with E-state index in [9.17, 15) is 28.8 Å². The number of nitrogens with one attached hydrogen (secondary N) is 4. The van der Waals surface area contributed by atoms with E-state index in [4.69, 9.17) is 33.2 Å². The first-order valence-corrected chi connectivity index (χ1v) is 34.1. The predicted octanol–water partition coefficient (Wildman–Crippen LogP) is 13.6. The van der Waals surface area contributed by atoms with Gasteiger partial charge in [0.15, 0.2) is 0 Å². The molecule has 22 nitrogen and oxygen atoms in total. The van der Waals surface area contributed by atoms with Crippen LogP contribution >= 0.6 is 0 Å². The largest absolute Gasteiger partial charge is 0.497 e. The number of methoxy groups -OCH3 is 1. The number of amides is 4. The molecule has 2 fully saturated rings. The van der Waals surface area contributed by atoms with Crippen molar-refractivity contribution < 1.29 is 66.5 Å². The van der Waals surface area contributed by atoms with E-state index in [-0.39, 0.29) is 55.1 Å². The van der Waals surface area contributed by atoms with Crippen molar-refractivity contribution >= 4 is 54.2 Å². The van der Waals surface area contributed by atoms with Crippen LogP contribution in [0.3, 0.4) is 0 Å². The lowest BCUT2D eigenvalue weighted by Crippen LogP contribution is -2.62. The molecule has 4 aliphatic rings. The van der Waals surface area contributed by atoms with E-state index < -0.39 is 58.8 Å². The van der Waals surface area contributed by atoms with E-state index in [0.29, 0.717) is 69.5 Å². The second kappa shape index (κ2) is 36.5. The van der Waals surface area contributed by atoms with Crippen LogP contribution in [0.4, 0.5) is 19.2 Å². The molecular weight excluding hydrogens is 1170 g/mol. The van der Waals surface area contributed by atoms with Gasteiger partial charge in [-0.2, -0.15) is 0 Å². The van der Waals surface area contributed by atoms with Gasteiger partial charge in [0.1, 0.15) is 34.1 Å². The van der Waals surface area contributed by atoms with Crippen molar-refractivity contribution in [2.75, 3.05) is 33.4 Å². The zero-order chi connectivity index (χ0) is 67.7. The molecule has 0 aliphatic carbocycles. The summed E-state index contributed by atoms with van der Waals surface area (Å²) in [6, 6.07) is 7.36. The van der Waals surface area contributed by atoms with Gasteiger partial charge in [-0.15, -0.1) is 4.99 Å². The van der Waals surface area contributed by atoms with E-state index in [1.807, 2.05) is 12.1 Å². The van der Waals surface area contributed by atoms with Gasteiger partial charge < -0.3 is 38.1 Å². The van der Waals surface area contributed by atoms with Crippen molar-refractivity contribution in [3.05, 3.63) is 53.3 Å². The molecule has 1 aromatic carbocycles. The van der Waals surface area contributed by atoms with Crippen LogP contribution in [0, 0.1) is 5.92 Å². The van der Waals surface area contributed by atoms with Crippen molar-refractivity contribution in [1.29, 1.82) is 0 Å². The van der Waals surface area contributed by atoms with E-state index >= 15 is 0 Å². The number of unbranched alkanes of at least 4 members (excludes halogenated alkanes) is 13. The Bertz CT molecular complexity index is 2700. The van der Waals surface area contributed by atoms with Crippen LogP contribution in [0.2, 0.25) is 0 Å². The Morgan fingerprint density at radius 2 is 1.28 bits per heavy atom. The Labute approximate surface area is 549 Å². The van der Waals surface area contributed by atoms with Crippen molar-refractivity contribution in [3.8, 4) is 5.75 Å². The number of fused-ring (bicyclic) bond motifs is 2. The molecule has 0 bridgehead atoms. The zero-order valence-electron chi connectivity index (χ0n) is 58.5. The molecule has 5 rings (SSSR count). The molecule has 1 aromatic rings. The highest BCUT2D eigenvalue weighted by atomic mass is 16.6. The van der Waals surface area contributed by atoms with Crippen LogP contribution in [0.15, 0.2) is 57.7 Å². The van der Waals surface area contributed by atoms with Gasteiger partial charge in [-0.3, -0.25) is 35.6 Å². The minimum absolute atomic E-state index is 0.00540. The number of aliphatic imine (C=N–C) groups is 2. The molecule has 4 heterocycles. The quantitative estimate of drug-likeness (QED) is 0.0111. The van der Waals surface area contributed by atoms with Gasteiger partial charge in [0.25, 0.3) is 0 Å². The van der Waals surface area contributed by atoms with Crippen LogP contribution in [0.5, 0.6) is 5.75 Å². The van der Waals surface area contributed by atoms with E-state index in [0.717, 1.165) is 81.5 Å². The van der Waals surface area contributed by atoms with Crippen molar-refractivity contribution in [1.82, 2.24) is 31.1 Å². The number of guanidine groups is 3. The smallest absolute Gasteiger partial charge is 0.437 e. The highest BCUT2D eigenvalue weighted by Gasteiger charge is 2.51. The van der Waals surface area contributed by atoms with Gasteiger partial charge >= 0.3 is 42.3 Å². The first-order chi connectivity index (χ1) is 43.5. The minimum Gasteiger partial charge on any atom is -0.497 e. The summed E-state index contributed by atoms with van der Waals surface area (Å²) < 4.78 is 42.3. The summed E-state index contributed by atoms with van der Waals surface area (Å²) in [6.07, 6.45) is 21.0. The third-order valence-corrected chi connectivity index (χ3v) is 15.9. The molecule has 4 N–H and O–H groups in total. The van der Waals surface area contributed by atoms with Crippen LogP contribution in [-0.2, 0) is 44.6 Å². The molecule has 0 saturated carbocycles. The number of nitrogens with zero attached hydrogens (tertiary/aromatic N) is 5. The van der Waals surface area contributed by atoms with Crippen molar-refractivity contribution in [2.45, 2.75) is 291 Å². The normalized spacial score (nSPS) is 19.6. The van der Waals surface area contributed by atoms with Gasteiger partial charge in [-0.25, -0.2) is 28.9 Å². The molecule has 2 saturated heterocycles. The summed E-state index contributed by atoms with van der Waals surface area (Å²) in [5, 5.41) is 12.3. The summed E-state index contributed by atoms with van der Waals surface area (Å²) in [4.78, 5) is 93.9. The Morgan fingerprint density at radius 3 is 1.90 bits per heavy atom. The first kappa shape index (κ1) is 75.8. The fourth-order valence-corrected chi connectivity index (χ4v) is 11.8. The van der Waals surface area contributed by atoms with Crippen LogP contribution in [0.1, 0.15) is 244 Å². The molecule has 5 atom stereocenters. The first-order valence-electron chi connectivity index (χ1n) is 34.1. The molecule has 0 spiro atoms. The molecular formula is C70H114N9O13+. The van der Waals surface area contributed by atoms with Crippen molar-refractivity contribution in [3.63, 3.8) is 0 Å². The highest BCUT2D eigenvalue weighted by molar-refractivity contribution is 6.05. The number of allylic oxidation sites excluding steroid dienone is 2. The Hall–Kier alpha value is -6.87. The number of rotatable bonds is 29. The van der Waals surface area contributed by atoms with Crippen LogP contribution < -0.4 is 26.0 Å². The lowest BCUT2D eigenvalue weighted by molar-refractivity contribution is -0.592. The molecule has 0 unspecified atom stereocenters. The summed E-state index contributed by atoms with van der Waals surface area (Å²) in [5.41, 5.74) is -1.35. The Balaban J connectivity index is 1.20. The molecule has 22 heteroatoms. The van der Waals surface area contributed by atoms with Gasteiger partial charge in [0.2, 0.25) is 11.9 Å². The second-order valence-corrected chi connectivity index (χ2v) is 28.6. The molecule has 4 aliphatic heterocycles. The monoisotopic (exact) mass is 1290 g/mol. The number of esters is 2. The van der Waals surface area contributed by atoms with Crippen molar-refractivity contribution in [2.24, 2.45) is 15.9 Å². The average Bonchev–Trinajstić information content (AvgIpc) is 1.38. The van der Waals surface area contributed by atoms with E-state index in [1.54, 1.807) is 95.1 Å². The number of benzene rings is 1. The molecule has 92 heavy (non-hydrogen) atoms. The Morgan fingerprint density at radius 1 is 0.696 bits per heavy atom. The Kier molecular flexibility index (Phi) is 30.1. The summed E-state index contributed by atoms with van der Waals surface area (Å²) in [7, 11) is 1.67. The maximum atomic E-state index is 14.6. The molecule has 0 aromatic heterocycles. The third-order valence-electron chi connectivity index (χ3n) is 15.9. The van der Waals surface area contributed by atoms with E-state index in [1.165, 1.54) is 43.4 Å².